The molecule has 1 aliphatic heterocycles. The molecule has 0 aromatic heterocycles. The summed E-state index contributed by atoms with van der Waals surface area (Å²) in [6, 6.07) is -0.0943. The quantitative estimate of drug-likeness (QED) is 0.0753. The van der Waals surface area contributed by atoms with Crippen molar-refractivity contribution in [3.8, 4) is 0 Å². The summed E-state index contributed by atoms with van der Waals surface area (Å²) in [6.45, 7) is 7.90. The maximum absolute atomic E-state index is 12.4. The van der Waals surface area contributed by atoms with Crippen molar-refractivity contribution >= 4 is 30.0 Å². The molecule has 0 aromatic carbocycles. The number of rotatable bonds is 16. The Bertz CT molecular complexity index is 675. The van der Waals surface area contributed by atoms with Gasteiger partial charge in [0.05, 0.1) is 6.61 Å². The van der Waals surface area contributed by atoms with Crippen LogP contribution < -0.4 is 16.4 Å². The molecule has 1 rings (SSSR count). The monoisotopic (exact) mass is 564 g/mol. The molecule has 0 aromatic rings. The molecule has 0 atom stereocenters. The fourth-order valence-corrected chi connectivity index (χ4v) is 2.56. The topological polar surface area (TPSA) is 163 Å². The molecule has 0 radical (unpaired) electrons. The molecule has 1 fully saturated rings. The van der Waals surface area contributed by atoms with Crippen LogP contribution in [0.4, 0.5) is 0 Å². The predicted octanol–water partition coefficient (Wildman–Crippen LogP) is -0.0972. The number of unbranched alkanes of at least 4 members (excludes halogenated alkanes) is 1. The van der Waals surface area contributed by atoms with Crippen LogP contribution in [0.15, 0.2) is 12.3 Å². The van der Waals surface area contributed by atoms with E-state index < -0.39 is 17.8 Å². The number of hydrogen-bond acceptors (Lipinski definition) is 11. The van der Waals surface area contributed by atoms with Crippen molar-refractivity contribution in [2.45, 2.75) is 64.8 Å². The second-order valence-corrected chi connectivity index (χ2v) is 7.07. The van der Waals surface area contributed by atoms with E-state index in [-0.39, 0.29) is 50.7 Å². The van der Waals surface area contributed by atoms with Gasteiger partial charge in [-0.05, 0) is 26.7 Å². The van der Waals surface area contributed by atoms with Crippen LogP contribution in [0.2, 0.25) is 0 Å². The number of nitrogens with one attached hydrogen (secondary N) is 3. The maximum atomic E-state index is 12.4. The third-order valence-electron chi connectivity index (χ3n) is 4.12. The van der Waals surface area contributed by atoms with Crippen molar-refractivity contribution in [1.82, 2.24) is 26.5 Å². The fraction of sp³-hybridized carbons (Fsp3) is 0.632. The van der Waals surface area contributed by atoms with Crippen molar-refractivity contribution in [3.05, 3.63) is 12.3 Å². The number of hydroxylamine groups is 2. The Labute approximate surface area is 204 Å². The molecule has 13 nitrogen and oxygen atoms in total. The second kappa shape index (κ2) is 18.2. The zero-order valence-electron chi connectivity index (χ0n) is 18.7. The van der Waals surface area contributed by atoms with Gasteiger partial charge in [-0.3, -0.25) is 24.2 Å². The van der Waals surface area contributed by atoms with Gasteiger partial charge in [0.2, 0.25) is 5.91 Å². The third-order valence-corrected chi connectivity index (χ3v) is 4.12. The Morgan fingerprint density at radius 2 is 1.79 bits per heavy atom. The van der Waals surface area contributed by atoms with Crippen LogP contribution in [-0.4, -0.2) is 59.2 Å². The average molecular weight is 565 g/mol. The first-order valence-electron chi connectivity index (χ1n) is 10.2. The van der Waals surface area contributed by atoms with E-state index in [0.29, 0.717) is 36.4 Å². The molecule has 0 aliphatic carbocycles. The summed E-state index contributed by atoms with van der Waals surface area (Å²) in [5, 5.41) is 2.00. The minimum absolute atomic E-state index is 0.00134. The summed E-state index contributed by atoms with van der Waals surface area (Å²) in [6.07, 6.45) is 2.02. The van der Waals surface area contributed by atoms with E-state index in [2.05, 4.69) is 23.0 Å². The van der Waals surface area contributed by atoms with Crippen molar-refractivity contribution in [2.75, 3.05) is 13.2 Å². The van der Waals surface area contributed by atoms with E-state index in [9.17, 15) is 24.0 Å². The molecule has 1 heterocycles. The van der Waals surface area contributed by atoms with E-state index >= 15 is 0 Å². The van der Waals surface area contributed by atoms with Crippen molar-refractivity contribution in [1.29, 1.82) is 0 Å². The van der Waals surface area contributed by atoms with Crippen LogP contribution in [0, 0.1) is 0 Å². The van der Waals surface area contributed by atoms with Crippen molar-refractivity contribution in [3.63, 3.8) is 0 Å². The number of amides is 3. The first kappa shape index (κ1) is 30.7. The number of hydrogen-bond donors (Lipinski definition) is 3. The Balaban J connectivity index is 0.00000497. The molecule has 191 valence electrons. The fourth-order valence-electron chi connectivity index (χ4n) is 2.56. The number of hydrazine groups is 2. The summed E-state index contributed by atoms with van der Waals surface area (Å²) in [4.78, 5) is 67.2. The predicted molar refractivity (Wildman–Crippen MR) is 108 cm³/mol. The normalized spacial score (nSPS) is 12.8. The molecule has 3 N–H and O–H groups in total. The molecular formula is C19H31AgN5O8. The molecule has 0 bridgehead atoms. The molecule has 1 saturated heterocycles. The van der Waals surface area contributed by atoms with Gasteiger partial charge in [-0.1, -0.05) is 6.58 Å². The average Bonchev–Trinajstić information content (AvgIpc) is 3.09. The van der Waals surface area contributed by atoms with Crippen LogP contribution in [0.5, 0.6) is 0 Å². The van der Waals surface area contributed by atoms with Gasteiger partial charge in [-0.2, -0.15) is 0 Å². The number of carbonyl (C=O) groups is 5. The van der Waals surface area contributed by atoms with Gasteiger partial charge in [0.1, 0.15) is 6.29 Å². The molecule has 33 heavy (non-hydrogen) atoms. The number of aldehydes is 1. The van der Waals surface area contributed by atoms with Crippen LogP contribution >= 0.6 is 0 Å². The molecule has 14 heteroatoms. The summed E-state index contributed by atoms with van der Waals surface area (Å²) < 4.78 is 8.06. The van der Waals surface area contributed by atoms with Gasteiger partial charge >= 0.3 is 30.3 Å². The zero-order valence-corrected chi connectivity index (χ0v) is 20.2. The molecule has 0 unspecified atom stereocenters. The van der Waals surface area contributed by atoms with E-state index in [1.807, 2.05) is 13.8 Å². The zero-order chi connectivity index (χ0) is 25.2. The summed E-state index contributed by atoms with van der Waals surface area (Å²) in [5.41, 5.74) is 8.49. The first-order chi connectivity index (χ1) is 15.8. The van der Waals surface area contributed by atoms with Gasteiger partial charge in [-0.15, -0.1) is 10.7 Å². The standard InChI is InChI=1S/C19H31N5O7.Ag.O/c1-14(2)23(20-11-13-30-22-21-15(3)10-12-25)16(26)6-4-5-7-19(29)31-24-17(27)8-9-18(24)28;;/h12,14,20-22H,3-11,13H2,1-2H3;;. The van der Waals surface area contributed by atoms with Gasteiger partial charge in [0.25, 0.3) is 11.8 Å². The van der Waals surface area contributed by atoms with Crippen LogP contribution in [0.25, 0.3) is 0 Å². The van der Waals surface area contributed by atoms with Crippen molar-refractivity contribution in [2.24, 2.45) is 0 Å². The molecule has 0 saturated carbocycles. The Morgan fingerprint density at radius 1 is 1.18 bits per heavy atom. The summed E-state index contributed by atoms with van der Waals surface area (Å²) in [7, 11) is 0. The molecule has 3 amide bonds. The van der Waals surface area contributed by atoms with E-state index in [1.165, 1.54) is 5.01 Å². The van der Waals surface area contributed by atoms with Crippen LogP contribution in [-0.2, 0) is 57.9 Å². The molecule has 1 aliphatic rings. The van der Waals surface area contributed by atoms with Crippen LogP contribution in [0.1, 0.15) is 58.8 Å². The van der Waals surface area contributed by atoms with Crippen molar-refractivity contribution < 1.29 is 57.9 Å². The van der Waals surface area contributed by atoms with E-state index in [4.69, 9.17) is 12.9 Å². The third kappa shape index (κ3) is 13.1. The van der Waals surface area contributed by atoms with Gasteiger partial charge in [0, 0.05) is 50.4 Å². The van der Waals surface area contributed by atoms with E-state index in [0.717, 1.165) is 0 Å². The minimum atomic E-state index is -0.677. The first-order valence-corrected chi connectivity index (χ1v) is 10.9. The number of allylic oxidation sites excluding steroid dienone is 1. The molecule has 0 spiro atoms. The van der Waals surface area contributed by atoms with Gasteiger partial charge in [-0.25, -0.2) is 10.2 Å². The Hall–Kier alpha value is -2.29. The SMILES string of the molecule is C=C(CC=O)NNOCCNN(C(=O)CCCCC(=O)ON1C(=O)CCC1=O)C(C)C.[O]=[Ag]. The number of carbonyl (C=O) groups excluding carboxylic acids is 5. The Morgan fingerprint density at radius 3 is 2.36 bits per heavy atom. The summed E-state index contributed by atoms with van der Waals surface area (Å²) in [5.74, 6) is -1.86. The van der Waals surface area contributed by atoms with Gasteiger partial charge < -0.3 is 15.1 Å². The number of imide groups is 1. The molecular weight excluding hydrogens is 534 g/mol. The summed E-state index contributed by atoms with van der Waals surface area (Å²) >= 11 is 1.70. The van der Waals surface area contributed by atoms with Gasteiger partial charge in [0.15, 0.2) is 0 Å². The van der Waals surface area contributed by atoms with Crippen LogP contribution in [0.3, 0.4) is 0 Å². The van der Waals surface area contributed by atoms with E-state index in [1.54, 1.807) is 21.0 Å². The second-order valence-electron chi connectivity index (χ2n) is 7.07. The number of nitrogens with zero attached hydrogens (tertiary/aromatic N) is 2. The Kier molecular flexibility index (Phi) is 16.9.